The standard InChI is InChI=1S/C22H26N3O.C11H16N2O2.C11H15NO/c1-3-24-9-5-7-15-11-17-21(13-19(15)24)26-22-14-20-16(12-18(22)23-17)8-6-10-25(20)4-2;1-2-13-5-3-4-8-6-11(15-12)10(14)7-9(8)13;1-2-12-7-3-4-9-5-6-10(13)8-11(9)12/h11-14H,3-10H2,1-2H3;6-7,14H,2-5,12H2,1H3;5-6,8,13H,2-4,7H2,1H3/q+1;;. The third kappa shape index (κ3) is 7.67. The average Bonchev–Trinajstić information content (AvgIpc) is 3.20. The predicted octanol–water partition coefficient (Wildman–Crippen LogP) is 6.56. The first kappa shape index (κ1) is 37.4. The quantitative estimate of drug-likeness (QED) is 0.138. The Hall–Kier alpha value is -4.96. The summed E-state index contributed by atoms with van der Waals surface area (Å²) < 4.78 is 8.80. The van der Waals surface area contributed by atoms with Crippen LogP contribution in [-0.2, 0) is 25.7 Å². The Morgan fingerprint density at radius 3 is 1.94 bits per heavy atom. The maximum absolute atomic E-state index is 9.65. The molecule has 9 rings (SSSR count). The van der Waals surface area contributed by atoms with E-state index in [1.807, 2.05) is 18.2 Å². The van der Waals surface area contributed by atoms with Crippen LogP contribution in [-0.4, -0.2) is 62.6 Å². The van der Waals surface area contributed by atoms with Crippen molar-refractivity contribution in [3.05, 3.63) is 87.6 Å². The highest BCUT2D eigenvalue weighted by Gasteiger charge is 2.24. The number of hydrogen-bond donors (Lipinski definition) is 3. The Morgan fingerprint density at radius 1 is 0.685 bits per heavy atom. The molecule has 4 aromatic rings. The number of hydrogen-bond acceptors (Lipinski definition) is 9. The third-order valence-corrected chi connectivity index (χ3v) is 11.5. The summed E-state index contributed by atoms with van der Waals surface area (Å²) in [4.78, 5) is 16.6. The molecule has 5 aliphatic heterocycles. The Morgan fingerprint density at radius 2 is 1.30 bits per heavy atom. The molecule has 0 aromatic heterocycles. The minimum atomic E-state index is 0.108. The van der Waals surface area contributed by atoms with Crippen LogP contribution in [0.5, 0.6) is 28.7 Å². The topological polar surface area (TPSA) is 110 Å². The van der Waals surface area contributed by atoms with Crippen LogP contribution in [0.3, 0.4) is 0 Å². The van der Waals surface area contributed by atoms with E-state index in [9.17, 15) is 10.2 Å². The predicted molar refractivity (Wildman–Crippen MR) is 218 cm³/mol. The fourth-order valence-corrected chi connectivity index (χ4v) is 8.66. The van der Waals surface area contributed by atoms with E-state index in [1.165, 1.54) is 58.2 Å². The highest BCUT2D eigenvalue weighted by molar-refractivity contribution is 5.69. The second-order valence-electron chi connectivity index (χ2n) is 14.7. The Kier molecular flexibility index (Phi) is 11.5. The molecule has 5 aliphatic rings. The average molecular weight is 734 g/mol. The highest BCUT2D eigenvalue weighted by atomic mass is 16.6. The molecule has 0 spiro atoms. The van der Waals surface area contributed by atoms with Gasteiger partial charge in [-0.1, -0.05) is 6.07 Å². The van der Waals surface area contributed by atoms with Crippen LogP contribution < -0.4 is 45.5 Å². The highest BCUT2D eigenvalue weighted by Crippen LogP contribution is 2.41. The third-order valence-electron chi connectivity index (χ3n) is 11.5. The Bertz CT molecular complexity index is 2120. The Balaban J connectivity index is 0.000000137. The number of phenols is 2. The zero-order valence-electron chi connectivity index (χ0n) is 32.5. The maximum Gasteiger partial charge on any atom is 0.207 e. The number of phenolic OH excluding ortho intramolecular Hbond substituents is 2. The normalized spacial score (nSPS) is 16.3. The van der Waals surface area contributed by atoms with Gasteiger partial charge in [-0.15, -0.1) is 0 Å². The van der Waals surface area contributed by atoms with Crippen LogP contribution in [0.15, 0.2) is 59.6 Å². The number of rotatable bonds is 5. The lowest BCUT2D eigenvalue weighted by molar-refractivity contribution is 0.312. The number of aromatic hydroxyl groups is 2. The molecule has 10 nitrogen and oxygen atoms in total. The number of fused-ring (bicyclic) bond motifs is 6. The van der Waals surface area contributed by atoms with Gasteiger partial charge in [0, 0.05) is 86.5 Å². The molecule has 10 heteroatoms. The molecule has 0 aliphatic carbocycles. The van der Waals surface area contributed by atoms with Crippen molar-refractivity contribution in [3.63, 3.8) is 0 Å². The lowest BCUT2D eigenvalue weighted by Crippen LogP contribution is -2.38. The molecule has 4 N–H and O–H groups in total. The van der Waals surface area contributed by atoms with Crippen LogP contribution >= 0.6 is 0 Å². The van der Waals surface area contributed by atoms with Crippen molar-refractivity contribution in [1.29, 1.82) is 0 Å². The van der Waals surface area contributed by atoms with Gasteiger partial charge in [-0.2, -0.15) is 5.90 Å². The van der Waals surface area contributed by atoms with E-state index in [0.29, 0.717) is 11.5 Å². The summed E-state index contributed by atoms with van der Waals surface area (Å²) in [5.41, 5.74) is 10.00. The molecule has 0 amide bonds. The van der Waals surface area contributed by atoms with Crippen molar-refractivity contribution in [3.8, 4) is 28.7 Å². The molecule has 0 atom stereocenters. The molecule has 0 radical (unpaired) electrons. The molecule has 0 fully saturated rings. The van der Waals surface area contributed by atoms with Crippen LogP contribution in [0.4, 0.5) is 22.7 Å². The van der Waals surface area contributed by atoms with Gasteiger partial charge in [0.1, 0.15) is 29.9 Å². The Labute approximate surface area is 319 Å². The summed E-state index contributed by atoms with van der Waals surface area (Å²) in [5, 5.41) is 21.3. The fourth-order valence-electron chi connectivity index (χ4n) is 8.66. The molecule has 0 saturated heterocycles. The number of anilines is 3. The van der Waals surface area contributed by atoms with E-state index in [-0.39, 0.29) is 5.75 Å². The molecule has 0 saturated carbocycles. The van der Waals surface area contributed by atoms with E-state index < -0.39 is 0 Å². The van der Waals surface area contributed by atoms with Gasteiger partial charge >= 0.3 is 0 Å². The van der Waals surface area contributed by atoms with E-state index in [4.69, 9.17) is 15.6 Å². The number of ether oxygens (including phenoxy) is 1. The summed E-state index contributed by atoms with van der Waals surface area (Å²) in [5.74, 6) is 7.71. The zero-order chi connectivity index (χ0) is 37.8. The van der Waals surface area contributed by atoms with E-state index in [1.54, 1.807) is 12.1 Å². The zero-order valence-corrected chi connectivity index (χ0v) is 32.5. The first-order valence-electron chi connectivity index (χ1n) is 20.1. The van der Waals surface area contributed by atoms with Crippen LogP contribution in [0.1, 0.15) is 75.6 Å². The lowest BCUT2D eigenvalue weighted by atomic mass is 10.00. The van der Waals surface area contributed by atoms with Gasteiger partial charge in [-0.25, -0.2) is 9.57 Å². The SMILES string of the molecule is CCN1CCCc2cc(ON)c(O)cc21.CCN1CCCc2cc3c(cc21)Oc1cc2c(cc1=N3)CCC[N+]=2CC.CCN1CCCc2ccc(O)cc21. The molecular formula is C44H57N6O4+. The first-order valence-corrected chi connectivity index (χ1v) is 20.1. The van der Waals surface area contributed by atoms with E-state index in [0.717, 1.165) is 113 Å². The largest absolute Gasteiger partial charge is 0.508 e. The summed E-state index contributed by atoms with van der Waals surface area (Å²) >= 11 is 0. The smallest absolute Gasteiger partial charge is 0.207 e. The molecular weight excluding hydrogens is 677 g/mol. The summed E-state index contributed by atoms with van der Waals surface area (Å²) in [6.07, 6.45) is 9.24. The molecule has 5 heterocycles. The van der Waals surface area contributed by atoms with Gasteiger partial charge in [-0.05, 0) is 114 Å². The van der Waals surface area contributed by atoms with Crippen LogP contribution in [0.25, 0.3) is 0 Å². The minimum absolute atomic E-state index is 0.108. The summed E-state index contributed by atoms with van der Waals surface area (Å²) in [6, 6.07) is 18.1. The summed E-state index contributed by atoms with van der Waals surface area (Å²) in [6.45, 7) is 17.2. The van der Waals surface area contributed by atoms with Crippen molar-refractivity contribution in [2.24, 2.45) is 10.9 Å². The molecule has 286 valence electrons. The molecule has 0 unspecified atom stereocenters. The van der Waals surface area contributed by atoms with Crippen LogP contribution in [0.2, 0.25) is 0 Å². The monoisotopic (exact) mass is 733 g/mol. The molecule has 4 aromatic carbocycles. The van der Waals surface area contributed by atoms with E-state index >= 15 is 0 Å². The minimum Gasteiger partial charge on any atom is -0.508 e. The van der Waals surface area contributed by atoms with Gasteiger partial charge in [0.2, 0.25) is 5.36 Å². The second-order valence-corrected chi connectivity index (χ2v) is 14.7. The van der Waals surface area contributed by atoms with Crippen molar-refractivity contribution in [1.82, 2.24) is 4.58 Å². The lowest BCUT2D eigenvalue weighted by Gasteiger charge is -2.31. The maximum atomic E-state index is 9.65. The fraction of sp³-hybridized carbons (Fsp3) is 0.455. The van der Waals surface area contributed by atoms with Crippen molar-refractivity contribution in [2.75, 3.05) is 67.1 Å². The molecule has 0 bridgehead atoms. The van der Waals surface area contributed by atoms with Crippen LogP contribution in [0, 0.1) is 0 Å². The number of nitrogens with two attached hydrogens (primary N) is 1. The summed E-state index contributed by atoms with van der Waals surface area (Å²) in [7, 11) is 0. The number of nitrogens with zero attached hydrogens (tertiary/aromatic N) is 5. The molecule has 54 heavy (non-hydrogen) atoms. The second kappa shape index (κ2) is 16.6. The van der Waals surface area contributed by atoms with Gasteiger partial charge < -0.3 is 34.5 Å². The van der Waals surface area contributed by atoms with Gasteiger partial charge in [0.05, 0.1) is 6.07 Å². The number of benzene rings is 4. The first-order chi connectivity index (χ1) is 26.3. The van der Waals surface area contributed by atoms with Crippen molar-refractivity contribution in [2.45, 2.75) is 79.1 Å². The van der Waals surface area contributed by atoms with Gasteiger partial charge in [0.15, 0.2) is 23.0 Å². The van der Waals surface area contributed by atoms with E-state index in [2.05, 4.69) is 76.1 Å². The van der Waals surface area contributed by atoms with Crippen molar-refractivity contribution >= 4 is 22.7 Å². The van der Waals surface area contributed by atoms with Crippen molar-refractivity contribution < 1.29 is 19.8 Å². The van der Waals surface area contributed by atoms with Gasteiger partial charge in [0.25, 0.3) is 0 Å². The van der Waals surface area contributed by atoms with Gasteiger partial charge in [-0.3, -0.25) is 0 Å². The number of aryl methyl sites for hydroxylation is 4.